The van der Waals surface area contributed by atoms with E-state index < -0.39 is 34.5 Å². The monoisotopic (exact) mass is 385 g/mol. The van der Waals surface area contributed by atoms with Gasteiger partial charge >= 0.3 is 5.97 Å². The van der Waals surface area contributed by atoms with Crippen LogP contribution in [0.2, 0.25) is 0 Å². The van der Waals surface area contributed by atoms with E-state index in [1.54, 1.807) is 6.07 Å². The molecule has 10 heteroatoms. The zero-order valence-electron chi connectivity index (χ0n) is 14.9. The molecule has 0 radical (unpaired) electrons. The molecule has 0 bridgehead atoms. The van der Waals surface area contributed by atoms with Gasteiger partial charge in [-0.2, -0.15) is 0 Å². The van der Waals surface area contributed by atoms with Crippen molar-refractivity contribution in [1.82, 2.24) is 10.6 Å². The van der Waals surface area contributed by atoms with Gasteiger partial charge in [0.2, 0.25) is 15.9 Å². The highest BCUT2D eigenvalue weighted by atomic mass is 32.2. The molecule has 0 saturated carbocycles. The minimum absolute atomic E-state index is 0.0283. The van der Waals surface area contributed by atoms with Crippen molar-refractivity contribution in [3.05, 3.63) is 29.8 Å². The Kier molecular flexibility index (Phi) is 8.04. The molecule has 0 fully saturated rings. The lowest BCUT2D eigenvalue weighted by Gasteiger charge is -2.14. The molecule has 0 heterocycles. The summed E-state index contributed by atoms with van der Waals surface area (Å²) in [5.41, 5.74) is 0.0205. The summed E-state index contributed by atoms with van der Waals surface area (Å²) in [6.07, 6.45) is 1.72. The molecule has 0 aromatic heterocycles. The molecular formula is C16H23N3O6S. The van der Waals surface area contributed by atoms with Crippen molar-refractivity contribution in [3.63, 3.8) is 0 Å². The second kappa shape index (κ2) is 9.76. The average molecular weight is 385 g/mol. The number of ether oxygens (including phenoxy) is 1. The maximum atomic E-state index is 12.1. The SMILES string of the molecule is CCCNC(=O)[C@H](C)NC(=O)COC(=O)c1ccccc1NS(C)(=O)=O. The third kappa shape index (κ3) is 7.51. The fourth-order valence-corrected chi connectivity index (χ4v) is 2.49. The lowest BCUT2D eigenvalue weighted by molar-refractivity contribution is -0.130. The van der Waals surface area contributed by atoms with Crippen molar-refractivity contribution in [2.45, 2.75) is 26.3 Å². The summed E-state index contributed by atoms with van der Waals surface area (Å²) < 4.78 is 29.8. The molecule has 144 valence electrons. The molecule has 26 heavy (non-hydrogen) atoms. The number of amides is 2. The van der Waals surface area contributed by atoms with E-state index in [-0.39, 0.29) is 17.2 Å². The Balaban J connectivity index is 2.61. The fourth-order valence-electron chi connectivity index (χ4n) is 1.91. The Labute approximate surface area is 152 Å². The molecular weight excluding hydrogens is 362 g/mol. The highest BCUT2D eigenvalue weighted by Gasteiger charge is 2.18. The summed E-state index contributed by atoms with van der Waals surface area (Å²) in [5.74, 6) is -1.85. The maximum Gasteiger partial charge on any atom is 0.340 e. The molecule has 0 aliphatic carbocycles. The third-order valence-corrected chi connectivity index (χ3v) is 3.69. The quantitative estimate of drug-likeness (QED) is 0.522. The summed E-state index contributed by atoms with van der Waals surface area (Å²) in [7, 11) is -3.58. The van der Waals surface area contributed by atoms with Gasteiger partial charge in [0, 0.05) is 6.54 Å². The number of nitrogens with one attached hydrogen (secondary N) is 3. The van der Waals surface area contributed by atoms with E-state index in [0.29, 0.717) is 6.54 Å². The third-order valence-electron chi connectivity index (χ3n) is 3.10. The zero-order chi connectivity index (χ0) is 19.7. The molecule has 0 spiro atoms. The summed E-state index contributed by atoms with van der Waals surface area (Å²) in [6.45, 7) is 3.31. The van der Waals surface area contributed by atoms with E-state index in [1.807, 2.05) is 6.92 Å². The summed E-state index contributed by atoms with van der Waals surface area (Å²) >= 11 is 0. The highest BCUT2D eigenvalue weighted by Crippen LogP contribution is 2.17. The lowest BCUT2D eigenvalue weighted by Crippen LogP contribution is -2.46. The van der Waals surface area contributed by atoms with Crippen molar-refractivity contribution < 1.29 is 27.5 Å². The first-order valence-electron chi connectivity index (χ1n) is 7.95. The first-order valence-corrected chi connectivity index (χ1v) is 9.84. The Hall–Kier alpha value is -2.62. The van der Waals surface area contributed by atoms with Crippen LogP contribution in [-0.4, -0.2) is 51.7 Å². The van der Waals surface area contributed by atoms with Gasteiger partial charge in [-0.3, -0.25) is 14.3 Å². The molecule has 0 aliphatic rings. The molecule has 1 aromatic carbocycles. The van der Waals surface area contributed by atoms with E-state index in [4.69, 9.17) is 4.74 Å². The number of para-hydroxylation sites is 1. The van der Waals surface area contributed by atoms with Crippen molar-refractivity contribution in [1.29, 1.82) is 0 Å². The van der Waals surface area contributed by atoms with Crippen LogP contribution in [0.4, 0.5) is 5.69 Å². The number of anilines is 1. The van der Waals surface area contributed by atoms with E-state index in [0.717, 1.165) is 12.7 Å². The van der Waals surface area contributed by atoms with Crippen molar-refractivity contribution in [3.8, 4) is 0 Å². The van der Waals surface area contributed by atoms with Gasteiger partial charge in [0.1, 0.15) is 6.04 Å². The van der Waals surface area contributed by atoms with E-state index in [1.165, 1.54) is 25.1 Å². The average Bonchev–Trinajstić information content (AvgIpc) is 2.56. The highest BCUT2D eigenvalue weighted by molar-refractivity contribution is 7.92. The van der Waals surface area contributed by atoms with Gasteiger partial charge in [0.25, 0.3) is 5.91 Å². The van der Waals surface area contributed by atoms with E-state index >= 15 is 0 Å². The van der Waals surface area contributed by atoms with E-state index in [2.05, 4.69) is 15.4 Å². The Morgan fingerprint density at radius 1 is 1.19 bits per heavy atom. The van der Waals surface area contributed by atoms with Crippen LogP contribution < -0.4 is 15.4 Å². The van der Waals surface area contributed by atoms with E-state index in [9.17, 15) is 22.8 Å². The molecule has 3 N–H and O–H groups in total. The Morgan fingerprint density at radius 2 is 1.85 bits per heavy atom. The molecule has 1 atom stereocenters. The zero-order valence-corrected chi connectivity index (χ0v) is 15.7. The van der Waals surface area contributed by atoms with Gasteiger partial charge in [0.15, 0.2) is 6.61 Å². The van der Waals surface area contributed by atoms with Crippen LogP contribution >= 0.6 is 0 Å². The molecule has 0 unspecified atom stereocenters. The second-order valence-corrected chi connectivity index (χ2v) is 7.32. The Bertz CT molecular complexity index is 763. The number of esters is 1. The van der Waals surface area contributed by atoms with Crippen LogP contribution in [-0.2, 0) is 24.3 Å². The minimum atomic E-state index is -3.58. The molecule has 1 rings (SSSR count). The van der Waals surface area contributed by atoms with Crippen LogP contribution in [0.1, 0.15) is 30.6 Å². The second-order valence-electron chi connectivity index (χ2n) is 5.58. The predicted molar refractivity (Wildman–Crippen MR) is 96.1 cm³/mol. The lowest BCUT2D eigenvalue weighted by atomic mass is 10.2. The van der Waals surface area contributed by atoms with Crippen LogP contribution in [0.5, 0.6) is 0 Å². The number of benzene rings is 1. The number of rotatable bonds is 9. The standard InChI is InChI=1S/C16H23N3O6S/c1-4-9-17-15(21)11(2)18-14(20)10-25-16(22)12-7-5-6-8-13(12)19-26(3,23)24/h5-8,11,19H,4,9-10H2,1-3H3,(H,17,21)(H,18,20)/t11-/m0/s1. The van der Waals surface area contributed by atoms with Crippen molar-refractivity contribution in [2.24, 2.45) is 0 Å². The number of carbonyl (C=O) groups excluding carboxylic acids is 3. The van der Waals surface area contributed by atoms with Crippen LogP contribution in [0.3, 0.4) is 0 Å². The van der Waals surface area contributed by atoms with Crippen LogP contribution in [0.15, 0.2) is 24.3 Å². The molecule has 9 nitrogen and oxygen atoms in total. The van der Waals surface area contributed by atoms with Crippen LogP contribution in [0.25, 0.3) is 0 Å². The van der Waals surface area contributed by atoms with Gasteiger partial charge in [-0.25, -0.2) is 13.2 Å². The van der Waals surface area contributed by atoms with Gasteiger partial charge < -0.3 is 15.4 Å². The van der Waals surface area contributed by atoms with Gasteiger partial charge in [-0.1, -0.05) is 19.1 Å². The van der Waals surface area contributed by atoms with Crippen molar-refractivity contribution >= 4 is 33.5 Å². The first-order chi connectivity index (χ1) is 12.1. The maximum absolute atomic E-state index is 12.1. The first kappa shape index (κ1) is 21.4. The molecule has 1 aromatic rings. The predicted octanol–water partition coefficient (Wildman–Crippen LogP) is 0.246. The molecule has 2 amide bonds. The smallest absolute Gasteiger partial charge is 0.340 e. The topological polar surface area (TPSA) is 131 Å². The van der Waals surface area contributed by atoms with Gasteiger partial charge in [-0.15, -0.1) is 0 Å². The summed E-state index contributed by atoms with van der Waals surface area (Å²) in [4.78, 5) is 35.6. The number of hydrogen-bond donors (Lipinski definition) is 3. The Morgan fingerprint density at radius 3 is 2.46 bits per heavy atom. The number of sulfonamides is 1. The summed E-state index contributed by atoms with van der Waals surface area (Å²) in [5, 5.41) is 5.04. The van der Waals surface area contributed by atoms with Crippen molar-refractivity contribution in [2.75, 3.05) is 24.1 Å². The molecule has 0 aliphatic heterocycles. The number of hydrogen-bond acceptors (Lipinski definition) is 6. The number of carbonyl (C=O) groups is 3. The largest absolute Gasteiger partial charge is 0.452 e. The van der Waals surface area contributed by atoms with Gasteiger partial charge in [-0.05, 0) is 25.5 Å². The normalized spacial score (nSPS) is 12.0. The van der Waals surface area contributed by atoms with Gasteiger partial charge in [0.05, 0.1) is 17.5 Å². The van der Waals surface area contributed by atoms with Crippen LogP contribution in [0, 0.1) is 0 Å². The summed E-state index contributed by atoms with van der Waals surface area (Å²) in [6, 6.07) is 5.08. The fraction of sp³-hybridized carbons (Fsp3) is 0.438. The molecule has 0 saturated heterocycles. The minimum Gasteiger partial charge on any atom is -0.452 e.